The van der Waals surface area contributed by atoms with Gasteiger partial charge >= 0.3 is 0 Å². The quantitative estimate of drug-likeness (QED) is 0.607. The van der Waals surface area contributed by atoms with E-state index in [9.17, 15) is 4.79 Å². The Bertz CT molecular complexity index is 1140. The minimum absolute atomic E-state index is 0.0390. The van der Waals surface area contributed by atoms with Gasteiger partial charge in [0.15, 0.2) is 0 Å². The first-order valence-corrected chi connectivity index (χ1v) is 9.10. The zero-order valence-electron chi connectivity index (χ0n) is 15.1. The van der Waals surface area contributed by atoms with Gasteiger partial charge in [-0.2, -0.15) is 0 Å². The van der Waals surface area contributed by atoms with E-state index in [-0.39, 0.29) is 11.9 Å². The van der Waals surface area contributed by atoms with Crippen molar-refractivity contribution >= 4 is 27.8 Å². The summed E-state index contributed by atoms with van der Waals surface area (Å²) in [7, 11) is 1.64. The van der Waals surface area contributed by atoms with E-state index in [1.165, 1.54) is 0 Å². The maximum atomic E-state index is 13.0. The number of imidazole rings is 1. The third-order valence-electron chi connectivity index (χ3n) is 5.39. The third-order valence-corrected chi connectivity index (χ3v) is 5.39. The molecule has 0 spiro atoms. The van der Waals surface area contributed by atoms with Gasteiger partial charge in [-0.05, 0) is 36.8 Å². The van der Waals surface area contributed by atoms with Crippen LogP contribution in [0.15, 0.2) is 54.9 Å². The summed E-state index contributed by atoms with van der Waals surface area (Å²) >= 11 is 0. The van der Waals surface area contributed by atoms with Crippen molar-refractivity contribution in [2.24, 2.45) is 0 Å². The first kappa shape index (κ1) is 15.9. The number of likely N-dealkylation sites (tertiary alicyclic amines) is 1. The second-order valence-electron chi connectivity index (χ2n) is 6.97. The van der Waals surface area contributed by atoms with Crippen molar-refractivity contribution in [1.82, 2.24) is 19.4 Å². The van der Waals surface area contributed by atoms with Crippen LogP contribution in [0.3, 0.4) is 0 Å². The van der Waals surface area contributed by atoms with Crippen LogP contribution in [0.25, 0.3) is 21.9 Å². The molecule has 136 valence electrons. The number of nitrogens with zero attached hydrogens (tertiary/aromatic N) is 3. The second-order valence-corrected chi connectivity index (χ2v) is 6.97. The first-order chi connectivity index (χ1) is 13.2. The standard InChI is InChI=1S/C21H20N4O2/c1-27-16-7-6-14-10-19(23-18(14)11-16)21(26)24-9-8-15(12-24)25-13-22-17-4-2-3-5-20(17)25/h2-7,10-11,13,15,23H,8-9,12H2,1H3/t15-/m1/s1. The van der Waals surface area contributed by atoms with Crippen molar-refractivity contribution < 1.29 is 9.53 Å². The minimum atomic E-state index is 0.0390. The molecule has 0 bridgehead atoms. The van der Waals surface area contributed by atoms with Gasteiger partial charge in [0, 0.05) is 30.1 Å². The molecule has 0 radical (unpaired) electrons. The predicted octanol–water partition coefficient (Wildman–Crippen LogP) is 3.61. The Morgan fingerprint density at radius 2 is 2.11 bits per heavy atom. The number of aromatic nitrogens is 3. The van der Waals surface area contributed by atoms with Gasteiger partial charge in [0.05, 0.1) is 30.5 Å². The number of hydrogen-bond acceptors (Lipinski definition) is 3. The molecule has 1 aliphatic heterocycles. The molecule has 1 saturated heterocycles. The number of carbonyl (C=O) groups is 1. The van der Waals surface area contributed by atoms with Crippen molar-refractivity contribution in [3.63, 3.8) is 0 Å². The second kappa shape index (κ2) is 6.16. The van der Waals surface area contributed by atoms with E-state index in [4.69, 9.17) is 4.74 Å². The van der Waals surface area contributed by atoms with Crippen LogP contribution in [-0.4, -0.2) is 45.5 Å². The molecule has 3 heterocycles. The molecule has 6 nitrogen and oxygen atoms in total. The summed E-state index contributed by atoms with van der Waals surface area (Å²) in [5.41, 5.74) is 3.64. The zero-order chi connectivity index (χ0) is 18.4. The number of rotatable bonds is 3. The SMILES string of the molecule is COc1ccc2cc(C(=O)N3CC[C@@H](n4cnc5ccccc54)C3)[nH]c2c1. The monoisotopic (exact) mass is 360 g/mol. The summed E-state index contributed by atoms with van der Waals surface area (Å²) < 4.78 is 7.45. The van der Waals surface area contributed by atoms with Crippen LogP contribution in [-0.2, 0) is 0 Å². The number of ether oxygens (including phenoxy) is 1. The Morgan fingerprint density at radius 3 is 3.00 bits per heavy atom. The van der Waals surface area contributed by atoms with Gasteiger partial charge in [-0.3, -0.25) is 4.79 Å². The van der Waals surface area contributed by atoms with E-state index in [2.05, 4.69) is 20.6 Å². The smallest absolute Gasteiger partial charge is 0.270 e. The maximum Gasteiger partial charge on any atom is 0.270 e. The lowest BCUT2D eigenvalue weighted by molar-refractivity contribution is 0.0783. The number of para-hydroxylation sites is 2. The maximum absolute atomic E-state index is 13.0. The number of hydrogen-bond donors (Lipinski definition) is 1. The molecular formula is C21H20N4O2. The number of amides is 1. The molecular weight excluding hydrogens is 340 g/mol. The lowest BCUT2D eigenvalue weighted by atomic mass is 10.2. The van der Waals surface area contributed by atoms with Crippen molar-refractivity contribution in [3.05, 3.63) is 60.6 Å². The molecule has 1 aliphatic rings. The molecule has 1 N–H and O–H groups in total. The summed E-state index contributed by atoms with van der Waals surface area (Å²) in [5.74, 6) is 0.814. The molecule has 0 unspecified atom stereocenters. The van der Waals surface area contributed by atoms with E-state index in [1.807, 2.05) is 53.7 Å². The van der Waals surface area contributed by atoms with Crippen LogP contribution in [0, 0.1) is 0 Å². The van der Waals surface area contributed by atoms with Gasteiger partial charge in [0.2, 0.25) is 0 Å². The lowest BCUT2D eigenvalue weighted by Gasteiger charge is -2.16. The number of benzene rings is 2. The summed E-state index contributed by atoms with van der Waals surface area (Å²) in [6, 6.07) is 16.1. The average Bonchev–Trinajstić information content (AvgIpc) is 3.43. The predicted molar refractivity (Wildman–Crippen MR) is 104 cm³/mol. The highest BCUT2D eigenvalue weighted by molar-refractivity contribution is 5.98. The van der Waals surface area contributed by atoms with Gasteiger partial charge in [-0.25, -0.2) is 4.98 Å². The number of carbonyl (C=O) groups excluding carboxylic acids is 1. The Morgan fingerprint density at radius 1 is 1.22 bits per heavy atom. The fourth-order valence-electron chi connectivity index (χ4n) is 3.94. The molecule has 2 aromatic heterocycles. The Hall–Kier alpha value is -3.28. The van der Waals surface area contributed by atoms with Gasteiger partial charge in [0.1, 0.15) is 11.4 Å². The number of nitrogens with one attached hydrogen (secondary N) is 1. The van der Waals surface area contributed by atoms with E-state index < -0.39 is 0 Å². The molecule has 1 amide bonds. The zero-order valence-corrected chi connectivity index (χ0v) is 15.1. The molecule has 1 fully saturated rings. The van der Waals surface area contributed by atoms with Crippen LogP contribution < -0.4 is 4.74 Å². The summed E-state index contributed by atoms with van der Waals surface area (Å²) in [4.78, 5) is 22.6. The molecule has 4 aromatic rings. The number of fused-ring (bicyclic) bond motifs is 2. The fourth-order valence-corrected chi connectivity index (χ4v) is 3.94. The van der Waals surface area contributed by atoms with Crippen molar-refractivity contribution in [2.75, 3.05) is 20.2 Å². The van der Waals surface area contributed by atoms with E-state index in [0.717, 1.165) is 40.7 Å². The van der Waals surface area contributed by atoms with Gasteiger partial charge < -0.3 is 19.2 Å². The average molecular weight is 360 g/mol. The number of H-pyrrole nitrogens is 1. The Kier molecular flexibility index (Phi) is 3.63. The molecule has 27 heavy (non-hydrogen) atoms. The van der Waals surface area contributed by atoms with Gasteiger partial charge in [-0.15, -0.1) is 0 Å². The van der Waals surface area contributed by atoms with Crippen molar-refractivity contribution in [1.29, 1.82) is 0 Å². The number of aromatic amines is 1. The van der Waals surface area contributed by atoms with Crippen molar-refractivity contribution in [3.8, 4) is 5.75 Å². The Labute approximate surface area is 156 Å². The largest absolute Gasteiger partial charge is 0.497 e. The highest BCUT2D eigenvalue weighted by Gasteiger charge is 2.29. The van der Waals surface area contributed by atoms with Crippen molar-refractivity contribution in [2.45, 2.75) is 12.5 Å². The molecule has 2 aromatic carbocycles. The van der Waals surface area contributed by atoms with Crippen LogP contribution >= 0.6 is 0 Å². The van der Waals surface area contributed by atoms with E-state index >= 15 is 0 Å². The topological polar surface area (TPSA) is 63.1 Å². The number of methoxy groups -OCH3 is 1. The van der Waals surface area contributed by atoms with Crippen LogP contribution in [0.5, 0.6) is 5.75 Å². The summed E-state index contributed by atoms with van der Waals surface area (Å²) in [5, 5.41) is 1.01. The van der Waals surface area contributed by atoms with E-state index in [1.54, 1.807) is 7.11 Å². The molecule has 0 aliphatic carbocycles. The van der Waals surface area contributed by atoms with Gasteiger partial charge in [-0.1, -0.05) is 12.1 Å². The Balaban J connectivity index is 1.39. The molecule has 6 heteroatoms. The van der Waals surface area contributed by atoms with Crippen LogP contribution in [0.4, 0.5) is 0 Å². The normalized spacial score (nSPS) is 17.1. The lowest BCUT2D eigenvalue weighted by Crippen LogP contribution is -2.29. The van der Waals surface area contributed by atoms with Crippen LogP contribution in [0.1, 0.15) is 23.0 Å². The highest BCUT2D eigenvalue weighted by atomic mass is 16.5. The minimum Gasteiger partial charge on any atom is -0.497 e. The third kappa shape index (κ3) is 2.65. The van der Waals surface area contributed by atoms with Gasteiger partial charge in [0.25, 0.3) is 5.91 Å². The summed E-state index contributed by atoms with van der Waals surface area (Å²) in [6.45, 7) is 1.44. The first-order valence-electron chi connectivity index (χ1n) is 9.10. The molecule has 5 rings (SSSR count). The van der Waals surface area contributed by atoms with E-state index in [0.29, 0.717) is 12.2 Å². The molecule has 0 saturated carbocycles. The summed E-state index contributed by atoms with van der Waals surface area (Å²) in [6.07, 6.45) is 2.82. The fraction of sp³-hybridized carbons (Fsp3) is 0.238. The highest BCUT2D eigenvalue weighted by Crippen LogP contribution is 2.28. The van der Waals surface area contributed by atoms with Crippen LogP contribution in [0.2, 0.25) is 0 Å². The molecule has 1 atom stereocenters.